The van der Waals surface area contributed by atoms with Crippen LogP contribution in [0.1, 0.15) is 17.7 Å². The molecule has 120 valence electrons. The Morgan fingerprint density at radius 1 is 1.21 bits per heavy atom. The van der Waals surface area contributed by atoms with Gasteiger partial charge in [0.1, 0.15) is 11.4 Å². The van der Waals surface area contributed by atoms with E-state index in [1.54, 1.807) is 11.6 Å². The van der Waals surface area contributed by atoms with Gasteiger partial charge in [0.15, 0.2) is 5.01 Å². The Balaban J connectivity index is 1.66. The fourth-order valence-corrected chi connectivity index (χ4v) is 4.07. The van der Waals surface area contributed by atoms with Crippen molar-refractivity contribution in [2.24, 2.45) is 0 Å². The fourth-order valence-electron chi connectivity index (χ4n) is 3.20. The van der Waals surface area contributed by atoms with Gasteiger partial charge in [-0.3, -0.25) is 5.10 Å². The first-order chi connectivity index (χ1) is 11.8. The third-order valence-corrected chi connectivity index (χ3v) is 5.28. The molecule has 0 fully saturated rings. The summed E-state index contributed by atoms with van der Waals surface area (Å²) in [6.07, 6.45) is 3.23. The molecule has 0 atom stereocenters. The molecule has 0 saturated carbocycles. The number of aromatic amines is 1. The summed E-state index contributed by atoms with van der Waals surface area (Å²) in [4.78, 5) is 0.751. The van der Waals surface area contributed by atoms with E-state index in [0.717, 1.165) is 46.2 Å². The molecule has 7 nitrogen and oxygen atoms in total. The topological polar surface area (TPSA) is 81.0 Å². The van der Waals surface area contributed by atoms with Crippen LogP contribution in [0.3, 0.4) is 0 Å². The van der Waals surface area contributed by atoms with Gasteiger partial charge in [0.25, 0.3) is 0 Å². The largest absolute Gasteiger partial charge is 0.496 e. The molecule has 0 spiro atoms. The fraction of sp³-hybridized carbons (Fsp3) is 0.250. The minimum absolute atomic E-state index is 0.696. The zero-order valence-corrected chi connectivity index (χ0v) is 13.8. The maximum Gasteiger partial charge on any atom is 0.235 e. The van der Waals surface area contributed by atoms with Crippen LogP contribution in [0.5, 0.6) is 5.75 Å². The Morgan fingerprint density at radius 3 is 3.04 bits per heavy atom. The van der Waals surface area contributed by atoms with Gasteiger partial charge in [0.05, 0.1) is 12.7 Å². The van der Waals surface area contributed by atoms with Gasteiger partial charge < -0.3 is 4.74 Å². The molecule has 3 aromatic heterocycles. The van der Waals surface area contributed by atoms with Gasteiger partial charge in [-0.15, -0.1) is 10.2 Å². The van der Waals surface area contributed by atoms with Gasteiger partial charge in [0, 0.05) is 11.3 Å². The lowest BCUT2D eigenvalue weighted by Crippen LogP contribution is -1.94. The number of H-pyrrole nitrogens is 1. The summed E-state index contributed by atoms with van der Waals surface area (Å²) in [5.74, 6) is 1.49. The van der Waals surface area contributed by atoms with Crippen molar-refractivity contribution < 1.29 is 4.74 Å². The number of nitrogens with zero attached hydrogens (tertiary/aromatic N) is 5. The Morgan fingerprint density at radius 2 is 2.12 bits per heavy atom. The van der Waals surface area contributed by atoms with Crippen molar-refractivity contribution in [3.8, 4) is 27.8 Å². The molecule has 0 amide bonds. The van der Waals surface area contributed by atoms with Crippen LogP contribution in [-0.4, -0.2) is 37.1 Å². The van der Waals surface area contributed by atoms with Gasteiger partial charge in [-0.25, -0.2) is 0 Å². The lowest BCUT2D eigenvalue weighted by molar-refractivity contribution is 0.416. The highest BCUT2D eigenvalue weighted by molar-refractivity contribution is 7.19. The third kappa shape index (κ3) is 1.89. The van der Waals surface area contributed by atoms with E-state index in [1.165, 1.54) is 22.6 Å². The average Bonchev–Trinajstić information content (AvgIpc) is 3.35. The molecule has 0 bridgehead atoms. The van der Waals surface area contributed by atoms with E-state index < -0.39 is 0 Å². The zero-order valence-electron chi connectivity index (χ0n) is 13.0. The number of hydrogen-bond donors (Lipinski definition) is 1. The number of nitrogens with one attached hydrogen (secondary N) is 1. The molecule has 8 heteroatoms. The molecule has 0 unspecified atom stereocenters. The van der Waals surface area contributed by atoms with E-state index in [4.69, 9.17) is 9.84 Å². The first-order valence-electron chi connectivity index (χ1n) is 7.77. The maximum absolute atomic E-state index is 5.44. The molecular weight excluding hydrogens is 324 g/mol. The number of fused-ring (bicyclic) bond motifs is 2. The summed E-state index contributed by atoms with van der Waals surface area (Å²) in [6.45, 7) is 0. The molecule has 1 aliphatic carbocycles. The smallest absolute Gasteiger partial charge is 0.235 e. The van der Waals surface area contributed by atoms with Crippen molar-refractivity contribution in [2.75, 3.05) is 7.11 Å². The predicted octanol–water partition coefficient (Wildman–Crippen LogP) is 2.74. The molecule has 0 saturated heterocycles. The molecule has 1 N–H and O–H groups in total. The van der Waals surface area contributed by atoms with Crippen LogP contribution in [0, 0.1) is 0 Å². The van der Waals surface area contributed by atoms with E-state index in [1.807, 2.05) is 24.3 Å². The van der Waals surface area contributed by atoms with Crippen LogP contribution in [0.25, 0.3) is 27.1 Å². The Bertz CT molecular complexity index is 1050. The minimum atomic E-state index is 0.696. The number of para-hydroxylation sites is 1. The van der Waals surface area contributed by atoms with Crippen molar-refractivity contribution in [1.82, 2.24) is 30.0 Å². The number of methoxy groups -OCH3 is 1. The SMILES string of the molecule is COc1ccccc1-c1nn2c(-c3n[nH]c4c3CCC4)nnc2s1. The molecule has 3 heterocycles. The summed E-state index contributed by atoms with van der Waals surface area (Å²) in [7, 11) is 1.66. The van der Waals surface area contributed by atoms with Gasteiger partial charge in [-0.05, 0) is 31.4 Å². The standard InChI is InChI=1S/C16H14N6OS/c1-23-12-8-3-2-5-10(12)15-21-22-14(19-20-16(22)24-15)13-9-6-4-7-11(9)17-18-13/h2-3,5,8H,4,6-7H2,1H3,(H,17,18). The van der Waals surface area contributed by atoms with E-state index in [2.05, 4.69) is 20.4 Å². The normalized spacial score (nSPS) is 13.5. The Labute approximate surface area is 141 Å². The maximum atomic E-state index is 5.44. The second-order valence-electron chi connectivity index (χ2n) is 5.71. The number of ether oxygens (including phenoxy) is 1. The number of benzene rings is 1. The van der Waals surface area contributed by atoms with Gasteiger partial charge in [-0.2, -0.15) is 14.7 Å². The van der Waals surface area contributed by atoms with Crippen molar-refractivity contribution in [2.45, 2.75) is 19.3 Å². The van der Waals surface area contributed by atoms with Crippen molar-refractivity contribution in [3.05, 3.63) is 35.5 Å². The summed E-state index contributed by atoms with van der Waals surface area (Å²) >= 11 is 1.49. The number of rotatable bonds is 3. The lowest BCUT2D eigenvalue weighted by atomic mass is 10.2. The first-order valence-corrected chi connectivity index (χ1v) is 8.59. The highest BCUT2D eigenvalue weighted by atomic mass is 32.1. The number of hydrogen-bond acceptors (Lipinski definition) is 6. The first kappa shape index (κ1) is 13.7. The van der Waals surface area contributed by atoms with Gasteiger partial charge >= 0.3 is 0 Å². The molecule has 4 aromatic rings. The number of aromatic nitrogens is 6. The van der Waals surface area contributed by atoms with E-state index in [-0.39, 0.29) is 0 Å². The average molecular weight is 338 g/mol. The molecule has 24 heavy (non-hydrogen) atoms. The molecule has 1 aromatic carbocycles. The van der Waals surface area contributed by atoms with Crippen LogP contribution in [0.2, 0.25) is 0 Å². The summed E-state index contributed by atoms with van der Waals surface area (Å²) in [5, 5.41) is 21.7. The minimum Gasteiger partial charge on any atom is -0.496 e. The lowest BCUT2D eigenvalue weighted by Gasteiger charge is -2.03. The molecule has 0 aliphatic heterocycles. The van der Waals surface area contributed by atoms with E-state index in [0.29, 0.717) is 5.82 Å². The Hall–Kier alpha value is -2.74. The van der Waals surface area contributed by atoms with Gasteiger partial charge in [0.2, 0.25) is 10.8 Å². The summed E-state index contributed by atoms with van der Waals surface area (Å²) in [6, 6.07) is 7.85. The van der Waals surface area contributed by atoms with Crippen LogP contribution >= 0.6 is 11.3 Å². The van der Waals surface area contributed by atoms with E-state index in [9.17, 15) is 0 Å². The Kier molecular flexibility index (Phi) is 2.93. The van der Waals surface area contributed by atoms with Crippen LogP contribution in [0.15, 0.2) is 24.3 Å². The van der Waals surface area contributed by atoms with Crippen LogP contribution in [0.4, 0.5) is 0 Å². The molecule has 1 aliphatic rings. The highest BCUT2D eigenvalue weighted by Gasteiger charge is 2.24. The monoisotopic (exact) mass is 338 g/mol. The summed E-state index contributed by atoms with van der Waals surface area (Å²) in [5.41, 5.74) is 4.28. The van der Waals surface area contributed by atoms with Crippen molar-refractivity contribution >= 4 is 16.3 Å². The second-order valence-corrected chi connectivity index (χ2v) is 6.66. The van der Waals surface area contributed by atoms with Crippen molar-refractivity contribution in [1.29, 1.82) is 0 Å². The zero-order chi connectivity index (χ0) is 16.1. The van der Waals surface area contributed by atoms with Gasteiger partial charge in [-0.1, -0.05) is 23.5 Å². The van der Waals surface area contributed by atoms with Crippen molar-refractivity contribution in [3.63, 3.8) is 0 Å². The van der Waals surface area contributed by atoms with Crippen LogP contribution < -0.4 is 4.74 Å². The van der Waals surface area contributed by atoms with E-state index >= 15 is 0 Å². The van der Waals surface area contributed by atoms with Crippen LogP contribution in [-0.2, 0) is 12.8 Å². The quantitative estimate of drug-likeness (QED) is 0.621. The highest BCUT2D eigenvalue weighted by Crippen LogP contribution is 2.35. The second kappa shape index (κ2) is 5.13. The molecule has 5 rings (SSSR count). The summed E-state index contributed by atoms with van der Waals surface area (Å²) < 4.78 is 7.22. The molecule has 0 radical (unpaired) electrons. The molecular formula is C16H14N6OS. The predicted molar refractivity (Wildman–Crippen MR) is 90.3 cm³/mol. The number of aryl methyl sites for hydroxylation is 1. The third-order valence-electron chi connectivity index (χ3n) is 4.35.